The van der Waals surface area contributed by atoms with Crippen LogP contribution in [0.2, 0.25) is 0 Å². The fraction of sp³-hybridized carbons (Fsp3) is 0.350. The first kappa shape index (κ1) is 17.9. The molecule has 136 valence electrons. The first-order valence-electron chi connectivity index (χ1n) is 8.90. The van der Waals surface area contributed by atoms with Crippen LogP contribution >= 0.6 is 0 Å². The van der Waals surface area contributed by atoms with E-state index in [0.717, 1.165) is 37.3 Å². The van der Waals surface area contributed by atoms with E-state index in [-0.39, 0.29) is 5.78 Å². The number of hydrogen-bond donors (Lipinski definition) is 2. The zero-order chi connectivity index (χ0) is 18.5. The van der Waals surface area contributed by atoms with E-state index in [9.17, 15) is 9.59 Å². The van der Waals surface area contributed by atoms with Gasteiger partial charge in [-0.3, -0.25) is 9.59 Å². The van der Waals surface area contributed by atoms with Gasteiger partial charge in [0.15, 0.2) is 5.78 Å². The molecular weight excluding hydrogens is 328 g/mol. The Morgan fingerprint density at radius 2 is 2.00 bits per heavy atom. The number of rotatable bonds is 6. The molecule has 6 heteroatoms. The molecule has 0 saturated carbocycles. The quantitative estimate of drug-likeness (QED) is 0.781. The summed E-state index contributed by atoms with van der Waals surface area (Å²) in [5, 5.41) is 2.93. The second-order valence-electron chi connectivity index (χ2n) is 6.63. The number of hydrogen-bond acceptors (Lipinski definition) is 5. The molecule has 0 radical (unpaired) electrons. The first-order valence-corrected chi connectivity index (χ1v) is 8.90. The zero-order valence-corrected chi connectivity index (χ0v) is 14.9. The predicted molar refractivity (Wildman–Crippen MR) is 103 cm³/mol. The number of nitrogens with one attached hydrogen (secondary N) is 1. The van der Waals surface area contributed by atoms with Gasteiger partial charge in [-0.15, -0.1) is 0 Å². The van der Waals surface area contributed by atoms with Gasteiger partial charge in [-0.05, 0) is 30.9 Å². The summed E-state index contributed by atoms with van der Waals surface area (Å²) in [6, 6.07) is 13.0. The van der Waals surface area contributed by atoms with Crippen molar-refractivity contribution in [1.82, 2.24) is 4.98 Å². The van der Waals surface area contributed by atoms with E-state index < -0.39 is 5.91 Å². The number of carbonyl (C=O) groups is 2. The maximum atomic E-state index is 12.5. The van der Waals surface area contributed by atoms with Crippen LogP contribution in [0, 0.1) is 5.92 Å². The van der Waals surface area contributed by atoms with Crippen molar-refractivity contribution < 1.29 is 9.59 Å². The molecule has 0 unspecified atom stereocenters. The summed E-state index contributed by atoms with van der Waals surface area (Å²) in [5.41, 5.74) is 6.53. The molecule has 1 atom stereocenters. The minimum absolute atomic E-state index is 0.186. The fourth-order valence-corrected chi connectivity index (χ4v) is 3.46. The predicted octanol–water partition coefficient (Wildman–Crippen LogP) is 2.71. The molecule has 1 fully saturated rings. The second-order valence-corrected chi connectivity index (χ2v) is 6.63. The third kappa shape index (κ3) is 4.02. The average molecular weight is 352 g/mol. The maximum Gasteiger partial charge on any atom is 0.252 e. The number of primary amides is 1. The highest BCUT2D eigenvalue weighted by Crippen LogP contribution is 2.26. The fourth-order valence-electron chi connectivity index (χ4n) is 3.46. The maximum absolute atomic E-state index is 12.5. The van der Waals surface area contributed by atoms with E-state index in [0.29, 0.717) is 23.7 Å². The Kier molecular flexibility index (Phi) is 5.51. The summed E-state index contributed by atoms with van der Waals surface area (Å²) in [6.45, 7) is 1.67. The van der Waals surface area contributed by atoms with E-state index in [4.69, 9.17) is 5.73 Å². The van der Waals surface area contributed by atoms with Gasteiger partial charge in [0.1, 0.15) is 11.6 Å². The molecule has 0 bridgehead atoms. The summed E-state index contributed by atoms with van der Waals surface area (Å²) in [7, 11) is 1.72. The highest BCUT2D eigenvalue weighted by atomic mass is 16.1. The summed E-state index contributed by atoms with van der Waals surface area (Å²) in [6.07, 6.45) is 2.59. The first-order chi connectivity index (χ1) is 12.6. The second kappa shape index (κ2) is 7.99. The Hall–Kier alpha value is -2.89. The van der Waals surface area contributed by atoms with Crippen LogP contribution < -0.4 is 16.0 Å². The molecule has 0 aliphatic carbocycles. The molecule has 3 rings (SSSR count). The van der Waals surface area contributed by atoms with Crippen LogP contribution in [-0.2, 0) is 0 Å². The number of aromatic nitrogens is 1. The Labute approximate surface area is 153 Å². The number of amides is 1. The van der Waals surface area contributed by atoms with Crippen LogP contribution in [0.4, 0.5) is 11.6 Å². The van der Waals surface area contributed by atoms with Crippen molar-refractivity contribution in [1.29, 1.82) is 0 Å². The van der Waals surface area contributed by atoms with Crippen LogP contribution in [0.15, 0.2) is 42.5 Å². The van der Waals surface area contributed by atoms with Crippen molar-refractivity contribution in [2.45, 2.75) is 19.3 Å². The number of pyridine rings is 1. The number of piperidine rings is 1. The number of anilines is 2. The van der Waals surface area contributed by atoms with Crippen LogP contribution in [0.3, 0.4) is 0 Å². The van der Waals surface area contributed by atoms with Crippen molar-refractivity contribution in [2.24, 2.45) is 11.7 Å². The molecular formula is C20H24N4O2. The Morgan fingerprint density at radius 3 is 2.69 bits per heavy atom. The Bertz CT molecular complexity index is 792. The number of Topliss-reactive ketones (excluding diaryl/α,β-unsaturated/α-hetero) is 1. The van der Waals surface area contributed by atoms with Crippen molar-refractivity contribution in [3.63, 3.8) is 0 Å². The lowest BCUT2D eigenvalue weighted by molar-refractivity contribution is 0.0955. The van der Waals surface area contributed by atoms with Crippen molar-refractivity contribution in [3.8, 4) is 0 Å². The summed E-state index contributed by atoms with van der Waals surface area (Å²) in [4.78, 5) is 30.7. The molecule has 26 heavy (non-hydrogen) atoms. The van der Waals surface area contributed by atoms with Gasteiger partial charge in [0, 0.05) is 32.1 Å². The van der Waals surface area contributed by atoms with Crippen LogP contribution in [0.25, 0.3) is 0 Å². The monoisotopic (exact) mass is 352 g/mol. The third-order valence-corrected chi connectivity index (χ3v) is 4.80. The molecule has 1 aromatic heterocycles. The van der Waals surface area contributed by atoms with Gasteiger partial charge >= 0.3 is 0 Å². The highest BCUT2D eigenvalue weighted by Gasteiger charge is 2.24. The van der Waals surface area contributed by atoms with E-state index in [1.807, 2.05) is 36.4 Å². The van der Waals surface area contributed by atoms with Gasteiger partial charge in [-0.2, -0.15) is 0 Å². The minimum atomic E-state index is -0.502. The molecule has 0 spiro atoms. The van der Waals surface area contributed by atoms with E-state index in [2.05, 4.69) is 15.2 Å². The molecule has 1 aliphatic heterocycles. The Morgan fingerprint density at radius 1 is 1.23 bits per heavy atom. The molecule has 3 N–H and O–H groups in total. The third-order valence-electron chi connectivity index (χ3n) is 4.80. The van der Waals surface area contributed by atoms with E-state index in [1.54, 1.807) is 13.1 Å². The van der Waals surface area contributed by atoms with Crippen molar-refractivity contribution in [2.75, 3.05) is 30.4 Å². The molecule has 1 aromatic carbocycles. The van der Waals surface area contributed by atoms with Gasteiger partial charge in [-0.25, -0.2) is 4.98 Å². The van der Waals surface area contributed by atoms with Crippen LogP contribution in [0.1, 0.15) is 40.0 Å². The summed E-state index contributed by atoms with van der Waals surface area (Å²) >= 11 is 0. The van der Waals surface area contributed by atoms with Gasteiger partial charge in [0.25, 0.3) is 5.91 Å². The number of benzene rings is 1. The zero-order valence-electron chi connectivity index (χ0n) is 14.9. The molecule has 1 aliphatic rings. The Balaban J connectivity index is 1.70. The van der Waals surface area contributed by atoms with Crippen molar-refractivity contribution >= 4 is 23.3 Å². The minimum Gasteiger partial charge on any atom is -0.372 e. The van der Waals surface area contributed by atoms with Gasteiger partial charge < -0.3 is 16.0 Å². The van der Waals surface area contributed by atoms with Gasteiger partial charge in [-0.1, -0.05) is 30.3 Å². The van der Waals surface area contributed by atoms with Gasteiger partial charge in [0.2, 0.25) is 0 Å². The van der Waals surface area contributed by atoms with E-state index in [1.165, 1.54) is 0 Å². The van der Waals surface area contributed by atoms with Gasteiger partial charge in [0.05, 0.1) is 5.56 Å². The number of carbonyl (C=O) groups excluding carboxylic acids is 2. The van der Waals surface area contributed by atoms with Crippen molar-refractivity contribution in [3.05, 3.63) is 53.6 Å². The topological polar surface area (TPSA) is 88.3 Å². The van der Waals surface area contributed by atoms with E-state index >= 15 is 0 Å². The summed E-state index contributed by atoms with van der Waals surface area (Å²) < 4.78 is 0. The lowest BCUT2D eigenvalue weighted by Gasteiger charge is -2.33. The SMILES string of the molecule is CNc1nc(N2CCC[C@@H](CC(=O)c3ccccc3)C2)ccc1C(N)=O. The largest absolute Gasteiger partial charge is 0.372 e. The summed E-state index contributed by atoms with van der Waals surface area (Å²) in [5.74, 6) is 1.27. The molecule has 2 heterocycles. The highest BCUT2D eigenvalue weighted by molar-refractivity contribution is 5.98. The van der Waals surface area contributed by atoms with Crippen LogP contribution in [0.5, 0.6) is 0 Å². The molecule has 2 aromatic rings. The molecule has 1 saturated heterocycles. The van der Waals surface area contributed by atoms with Crippen LogP contribution in [-0.4, -0.2) is 36.8 Å². The smallest absolute Gasteiger partial charge is 0.252 e. The number of nitrogens with two attached hydrogens (primary N) is 1. The average Bonchev–Trinajstić information content (AvgIpc) is 2.68. The number of nitrogens with zero attached hydrogens (tertiary/aromatic N) is 2. The number of ketones is 1. The lowest BCUT2D eigenvalue weighted by Crippen LogP contribution is -2.37. The molecule has 6 nitrogen and oxygen atoms in total. The normalized spacial score (nSPS) is 17.0. The lowest BCUT2D eigenvalue weighted by atomic mass is 9.91. The standard InChI is InChI=1S/C20H24N4O2/c1-22-20-16(19(21)26)9-10-18(23-20)24-11-5-6-14(13-24)12-17(25)15-7-3-2-4-8-15/h2-4,7-10,14H,5-6,11-13H2,1H3,(H2,21,26)(H,22,23)/t14-/m0/s1. The molecule has 1 amide bonds.